The first-order chi connectivity index (χ1) is 7.02. The Morgan fingerprint density at radius 3 is 2.20 bits per heavy atom. The molecule has 0 bridgehead atoms. The van der Waals surface area contributed by atoms with Gasteiger partial charge < -0.3 is 10.0 Å². The van der Waals surface area contributed by atoms with Crippen molar-refractivity contribution in [2.24, 2.45) is 0 Å². The molecule has 0 aliphatic rings. The number of aryl methyl sites for hydroxylation is 2. The Balaban J connectivity index is 2.77. The van der Waals surface area contributed by atoms with Crippen LogP contribution in [0.1, 0.15) is 24.5 Å². The highest BCUT2D eigenvalue weighted by atomic mass is 16.3. The van der Waals surface area contributed by atoms with Crippen LogP contribution >= 0.6 is 0 Å². The Hall–Kier alpha value is -1.02. The van der Waals surface area contributed by atoms with Gasteiger partial charge in [-0.3, -0.25) is 0 Å². The van der Waals surface area contributed by atoms with Crippen LogP contribution in [0.15, 0.2) is 18.2 Å². The van der Waals surface area contributed by atoms with E-state index in [2.05, 4.69) is 36.9 Å². The van der Waals surface area contributed by atoms with Crippen LogP contribution < -0.4 is 4.90 Å². The van der Waals surface area contributed by atoms with E-state index in [-0.39, 0.29) is 6.10 Å². The fourth-order valence-electron chi connectivity index (χ4n) is 1.72. The van der Waals surface area contributed by atoms with Crippen LogP contribution in [0.2, 0.25) is 0 Å². The van der Waals surface area contributed by atoms with Crippen molar-refractivity contribution in [2.75, 3.05) is 18.5 Å². The molecule has 0 fully saturated rings. The number of benzene rings is 1. The third-order valence-corrected chi connectivity index (χ3v) is 2.60. The number of likely N-dealkylation sites (N-methyl/N-ethyl adjacent to an activating group) is 1. The quantitative estimate of drug-likeness (QED) is 0.820. The number of aliphatic hydroxyl groups is 1. The molecule has 2 heteroatoms. The first-order valence-corrected chi connectivity index (χ1v) is 5.50. The Morgan fingerprint density at radius 2 is 1.73 bits per heavy atom. The summed E-state index contributed by atoms with van der Waals surface area (Å²) in [5.41, 5.74) is 3.71. The lowest BCUT2D eigenvalue weighted by Crippen LogP contribution is -2.28. The average Bonchev–Trinajstić information content (AvgIpc) is 2.16. The highest BCUT2D eigenvalue weighted by Crippen LogP contribution is 2.17. The second-order valence-corrected chi connectivity index (χ2v) is 4.29. The second-order valence-electron chi connectivity index (χ2n) is 4.29. The van der Waals surface area contributed by atoms with Gasteiger partial charge in [0, 0.05) is 19.3 Å². The zero-order chi connectivity index (χ0) is 11.4. The predicted molar refractivity (Wildman–Crippen MR) is 65.5 cm³/mol. The van der Waals surface area contributed by atoms with Crippen molar-refractivity contribution < 1.29 is 5.11 Å². The number of rotatable bonds is 4. The predicted octanol–water partition coefficient (Wildman–Crippen LogP) is 2.51. The van der Waals surface area contributed by atoms with E-state index in [1.54, 1.807) is 0 Å². The lowest BCUT2D eigenvalue weighted by molar-refractivity contribution is 0.177. The molecule has 15 heavy (non-hydrogen) atoms. The normalized spacial score (nSPS) is 12.6. The number of anilines is 1. The molecular weight excluding hydrogens is 186 g/mol. The van der Waals surface area contributed by atoms with Crippen molar-refractivity contribution in [3.8, 4) is 0 Å². The fourth-order valence-corrected chi connectivity index (χ4v) is 1.72. The van der Waals surface area contributed by atoms with Gasteiger partial charge in [-0.1, -0.05) is 13.0 Å². The molecule has 0 heterocycles. The molecule has 0 aliphatic heterocycles. The maximum absolute atomic E-state index is 9.59. The van der Waals surface area contributed by atoms with E-state index in [9.17, 15) is 5.11 Å². The molecule has 1 N–H and O–H groups in total. The molecule has 1 atom stereocenters. The van der Waals surface area contributed by atoms with E-state index < -0.39 is 0 Å². The Kier molecular flexibility index (Phi) is 4.15. The summed E-state index contributed by atoms with van der Waals surface area (Å²) in [6.45, 7) is 6.89. The molecule has 0 spiro atoms. The summed E-state index contributed by atoms with van der Waals surface area (Å²) in [5, 5.41) is 9.59. The first kappa shape index (κ1) is 12.1. The number of hydrogen-bond donors (Lipinski definition) is 1. The summed E-state index contributed by atoms with van der Waals surface area (Å²) in [6.07, 6.45) is 0.561. The zero-order valence-corrected chi connectivity index (χ0v) is 10.1. The van der Waals surface area contributed by atoms with Gasteiger partial charge in [0.05, 0.1) is 6.10 Å². The minimum Gasteiger partial charge on any atom is -0.391 e. The van der Waals surface area contributed by atoms with Crippen molar-refractivity contribution >= 4 is 5.69 Å². The monoisotopic (exact) mass is 207 g/mol. The minimum absolute atomic E-state index is 0.240. The maximum Gasteiger partial charge on any atom is 0.0712 e. The molecule has 84 valence electrons. The number of hydrogen-bond acceptors (Lipinski definition) is 2. The molecule has 1 aromatic carbocycles. The second kappa shape index (κ2) is 5.17. The Morgan fingerprint density at radius 1 is 1.20 bits per heavy atom. The molecule has 0 radical (unpaired) electrons. The molecule has 0 saturated carbocycles. The third-order valence-electron chi connectivity index (χ3n) is 2.60. The topological polar surface area (TPSA) is 23.5 Å². The van der Waals surface area contributed by atoms with Crippen LogP contribution in [-0.2, 0) is 0 Å². The van der Waals surface area contributed by atoms with Crippen LogP contribution in [0.4, 0.5) is 5.69 Å². The van der Waals surface area contributed by atoms with E-state index in [0.717, 1.165) is 6.42 Å². The van der Waals surface area contributed by atoms with Crippen LogP contribution in [0.5, 0.6) is 0 Å². The van der Waals surface area contributed by atoms with Gasteiger partial charge in [-0.25, -0.2) is 0 Å². The summed E-state index contributed by atoms with van der Waals surface area (Å²) < 4.78 is 0. The summed E-state index contributed by atoms with van der Waals surface area (Å²) in [4.78, 5) is 2.11. The lowest BCUT2D eigenvalue weighted by Gasteiger charge is -2.23. The van der Waals surface area contributed by atoms with Gasteiger partial charge in [-0.15, -0.1) is 0 Å². The SMILES string of the molecule is CCC(O)CN(C)c1cc(C)cc(C)c1. The molecular formula is C13H21NO. The van der Waals surface area contributed by atoms with Crippen LogP contribution in [0.25, 0.3) is 0 Å². The van der Waals surface area contributed by atoms with Gasteiger partial charge >= 0.3 is 0 Å². The van der Waals surface area contributed by atoms with Crippen LogP contribution in [0.3, 0.4) is 0 Å². The summed E-state index contributed by atoms with van der Waals surface area (Å²) >= 11 is 0. The third kappa shape index (κ3) is 3.56. The molecule has 0 amide bonds. The van der Waals surface area contributed by atoms with Gasteiger partial charge in [-0.2, -0.15) is 0 Å². The van der Waals surface area contributed by atoms with Gasteiger partial charge in [0.1, 0.15) is 0 Å². The van der Waals surface area contributed by atoms with Crippen LogP contribution in [-0.4, -0.2) is 24.8 Å². The van der Waals surface area contributed by atoms with Gasteiger partial charge in [-0.05, 0) is 43.5 Å². The van der Waals surface area contributed by atoms with Crippen molar-refractivity contribution in [1.82, 2.24) is 0 Å². The minimum atomic E-state index is -0.240. The van der Waals surface area contributed by atoms with Gasteiger partial charge in [0.2, 0.25) is 0 Å². The van der Waals surface area contributed by atoms with E-state index in [0.29, 0.717) is 6.54 Å². The molecule has 1 rings (SSSR count). The Labute approximate surface area is 92.5 Å². The first-order valence-electron chi connectivity index (χ1n) is 5.50. The molecule has 1 unspecified atom stereocenters. The standard InChI is InChI=1S/C13H21NO/c1-5-13(15)9-14(4)12-7-10(2)6-11(3)8-12/h6-8,13,15H,5,9H2,1-4H3. The molecule has 1 aromatic rings. The van der Waals surface area contributed by atoms with Crippen molar-refractivity contribution in [3.63, 3.8) is 0 Å². The van der Waals surface area contributed by atoms with E-state index in [1.165, 1.54) is 16.8 Å². The molecule has 0 saturated heterocycles. The summed E-state index contributed by atoms with van der Waals surface area (Å²) in [7, 11) is 2.02. The summed E-state index contributed by atoms with van der Waals surface area (Å²) in [6, 6.07) is 6.46. The highest BCUT2D eigenvalue weighted by Gasteiger charge is 2.07. The van der Waals surface area contributed by atoms with Gasteiger partial charge in [0.15, 0.2) is 0 Å². The smallest absolute Gasteiger partial charge is 0.0712 e. The van der Waals surface area contributed by atoms with Crippen molar-refractivity contribution in [2.45, 2.75) is 33.3 Å². The average molecular weight is 207 g/mol. The highest BCUT2D eigenvalue weighted by molar-refractivity contribution is 5.50. The number of aliphatic hydroxyl groups excluding tert-OH is 1. The number of nitrogens with zero attached hydrogens (tertiary/aromatic N) is 1. The van der Waals surface area contributed by atoms with E-state index in [4.69, 9.17) is 0 Å². The lowest BCUT2D eigenvalue weighted by atomic mass is 10.1. The Bertz CT molecular complexity index is 302. The van der Waals surface area contributed by atoms with Crippen LogP contribution in [0, 0.1) is 13.8 Å². The molecule has 0 aliphatic carbocycles. The van der Waals surface area contributed by atoms with Gasteiger partial charge in [0.25, 0.3) is 0 Å². The molecule has 0 aromatic heterocycles. The van der Waals surface area contributed by atoms with Crippen molar-refractivity contribution in [1.29, 1.82) is 0 Å². The largest absolute Gasteiger partial charge is 0.391 e. The maximum atomic E-state index is 9.59. The molecule has 2 nitrogen and oxygen atoms in total. The zero-order valence-electron chi connectivity index (χ0n) is 10.1. The summed E-state index contributed by atoms with van der Waals surface area (Å²) in [5.74, 6) is 0. The van der Waals surface area contributed by atoms with E-state index >= 15 is 0 Å². The van der Waals surface area contributed by atoms with E-state index in [1.807, 2.05) is 14.0 Å². The van der Waals surface area contributed by atoms with Crippen molar-refractivity contribution in [3.05, 3.63) is 29.3 Å². The fraction of sp³-hybridized carbons (Fsp3) is 0.538.